The molecule has 5 aliphatic rings. The lowest BCUT2D eigenvalue weighted by atomic mass is 9.42. The molecule has 0 aromatic heterocycles. The van der Waals surface area contributed by atoms with E-state index in [1.807, 2.05) is 60.7 Å². The van der Waals surface area contributed by atoms with Crippen LogP contribution in [0.1, 0.15) is 45.4 Å². The number of benzene rings is 2. The monoisotopic (exact) mass is 541 g/mol. The third kappa shape index (κ3) is 4.17. The van der Waals surface area contributed by atoms with Crippen LogP contribution in [-0.2, 0) is 9.45 Å². The summed E-state index contributed by atoms with van der Waals surface area (Å²) >= 11 is 19.6. The first-order chi connectivity index (χ1) is 17.2. The van der Waals surface area contributed by atoms with Crippen molar-refractivity contribution in [1.82, 2.24) is 5.32 Å². The quantitative estimate of drug-likeness (QED) is 0.404. The van der Waals surface area contributed by atoms with E-state index >= 15 is 0 Å². The van der Waals surface area contributed by atoms with Crippen LogP contribution in [0, 0.1) is 17.8 Å². The van der Waals surface area contributed by atoms with Crippen molar-refractivity contribution in [2.24, 2.45) is 22.7 Å². The Morgan fingerprint density at radius 3 is 1.81 bits per heavy atom. The Balaban J connectivity index is 1.54. The second kappa shape index (κ2) is 8.82. The van der Waals surface area contributed by atoms with Crippen LogP contribution < -0.4 is 16.2 Å². The number of allylic oxidation sites excluding steroid dienone is 1. The molecule has 4 fully saturated rings. The molecule has 4 nitrogen and oxygen atoms in total. The van der Waals surface area contributed by atoms with E-state index in [-0.39, 0.29) is 22.6 Å². The Hall–Kier alpha value is -1.95. The van der Waals surface area contributed by atoms with Crippen molar-refractivity contribution in [3.05, 3.63) is 72.1 Å². The maximum absolute atomic E-state index is 13.1. The van der Waals surface area contributed by atoms with Crippen LogP contribution in [0.25, 0.3) is 0 Å². The molecule has 36 heavy (non-hydrogen) atoms. The van der Waals surface area contributed by atoms with Gasteiger partial charge in [0.15, 0.2) is 11.7 Å². The van der Waals surface area contributed by atoms with Gasteiger partial charge in [-0.2, -0.15) is 0 Å². The summed E-state index contributed by atoms with van der Waals surface area (Å²) in [5, 5.41) is 3.79. The van der Waals surface area contributed by atoms with Gasteiger partial charge in [-0.3, -0.25) is 4.79 Å². The molecule has 1 aliphatic heterocycles. The topological polar surface area (TPSA) is 50.7 Å². The summed E-state index contributed by atoms with van der Waals surface area (Å²) in [7, 11) is 0. The molecule has 0 radical (unpaired) electrons. The molecular formula is C28H29BCl3N2O2-. The zero-order chi connectivity index (χ0) is 25.1. The number of rotatable bonds is 5. The number of nitrogens with one attached hydrogen (secondary N) is 1. The van der Waals surface area contributed by atoms with Crippen LogP contribution in [0.2, 0.25) is 0 Å². The molecular weight excluding hydrogens is 513 g/mol. The number of Topliss-reactive ketones (excluding diaryl/α,β-unsaturated/α-hetero) is 1. The number of hydrogen-bond donors (Lipinski definition) is 1. The van der Waals surface area contributed by atoms with Gasteiger partial charge in [-0.25, -0.2) is 0 Å². The molecule has 0 amide bonds. The van der Waals surface area contributed by atoms with Crippen LogP contribution in [0.3, 0.4) is 0 Å². The van der Waals surface area contributed by atoms with Crippen LogP contribution >= 0.6 is 34.8 Å². The fourth-order valence-corrected chi connectivity index (χ4v) is 8.08. The second-order valence-electron chi connectivity index (χ2n) is 11.2. The highest BCUT2D eigenvalue weighted by atomic mass is 35.6. The van der Waals surface area contributed by atoms with Gasteiger partial charge >= 0.3 is 6.48 Å². The molecule has 2 aromatic rings. The van der Waals surface area contributed by atoms with E-state index in [9.17, 15) is 4.79 Å². The van der Waals surface area contributed by atoms with Crippen molar-refractivity contribution in [2.45, 2.75) is 54.8 Å². The van der Waals surface area contributed by atoms with Crippen molar-refractivity contribution in [1.29, 1.82) is 0 Å². The molecule has 1 heterocycles. The maximum atomic E-state index is 13.1. The summed E-state index contributed by atoms with van der Waals surface area (Å²) < 4.78 is 5.02. The Morgan fingerprint density at radius 2 is 1.39 bits per heavy atom. The SMILES string of the molecule is CC(=O)C1=C(NC23CC4CC(CC(C4)C2)C3)O[B-](c2ccccc2)(c2ccccc2)N=C1C(Cl)(Cl)Cl. The molecule has 7 rings (SSSR count). The third-order valence-corrected chi connectivity index (χ3v) is 9.14. The summed E-state index contributed by atoms with van der Waals surface area (Å²) in [6.45, 7) is -0.739. The molecule has 2 aromatic carbocycles. The predicted molar refractivity (Wildman–Crippen MR) is 148 cm³/mol. The fraction of sp³-hybridized carbons (Fsp3) is 0.429. The number of carbonyl (C=O) groups is 1. The molecule has 8 heteroatoms. The fourth-order valence-electron chi connectivity index (χ4n) is 7.65. The number of carbonyl (C=O) groups excluding carboxylic acids is 1. The zero-order valence-corrected chi connectivity index (χ0v) is 22.5. The third-order valence-electron chi connectivity index (χ3n) is 8.60. The number of alkyl halides is 3. The Morgan fingerprint density at radius 1 is 0.917 bits per heavy atom. The smallest absolute Gasteiger partial charge is 0.336 e. The van der Waals surface area contributed by atoms with Crippen molar-refractivity contribution in [3.63, 3.8) is 0 Å². The van der Waals surface area contributed by atoms with Crippen molar-refractivity contribution in [3.8, 4) is 0 Å². The highest BCUT2D eigenvalue weighted by Gasteiger charge is 2.53. The first-order valence-corrected chi connectivity index (χ1v) is 14.0. The number of hydrogen-bond acceptors (Lipinski definition) is 4. The molecule has 4 aliphatic carbocycles. The standard InChI is InChI=1S/C28H29BCl3N2O2/c1-18(35)24-25(28(30,31)32)34-29(22-8-4-2-5-9-22,23-10-6-3-7-11-23)36-26(24)33-27-15-19-12-20(16-27)14-21(13-19)17-27/h2-11,19-21,33H,12-17H2,1H3/q-1. The lowest BCUT2D eigenvalue weighted by molar-refractivity contribution is -0.113. The van der Waals surface area contributed by atoms with Crippen LogP contribution in [-0.4, -0.2) is 27.3 Å². The van der Waals surface area contributed by atoms with Gasteiger partial charge in [0.25, 0.3) is 0 Å². The highest BCUT2D eigenvalue weighted by molar-refractivity contribution is 6.98. The van der Waals surface area contributed by atoms with E-state index in [2.05, 4.69) is 5.32 Å². The van der Waals surface area contributed by atoms with E-state index < -0.39 is 10.3 Å². The summed E-state index contributed by atoms with van der Waals surface area (Å²) in [6.07, 6.45) is 7.16. The lowest BCUT2D eigenvalue weighted by Gasteiger charge is -2.58. The molecule has 0 atom stereocenters. The van der Waals surface area contributed by atoms with Gasteiger partial charge in [-0.05, 0) is 63.2 Å². The summed E-state index contributed by atoms with van der Waals surface area (Å²) in [5.74, 6) is 2.31. The molecule has 188 valence electrons. The van der Waals surface area contributed by atoms with Gasteiger partial charge < -0.3 is 14.9 Å². The highest BCUT2D eigenvalue weighted by Crippen LogP contribution is 2.56. The minimum Gasteiger partial charge on any atom is -0.676 e. The molecule has 0 saturated heterocycles. The van der Waals surface area contributed by atoms with Crippen LogP contribution in [0.5, 0.6) is 0 Å². The van der Waals surface area contributed by atoms with Gasteiger partial charge in [-0.15, -0.1) is 10.9 Å². The molecule has 1 N–H and O–H groups in total. The minimum absolute atomic E-state index is 0.115. The van der Waals surface area contributed by atoms with Gasteiger partial charge in [-0.1, -0.05) is 95.5 Å². The van der Waals surface area contributed by atoms with Crippen molar-refractivity contribution >= 4 is 63.7 Å². The number of halogens is 3. The van der Waals surface area contributed by atoms with Gasteiger partial charge in [0.2, 0.25) is 3.79 Å². The van der Waals surface area contributed by atoms with Crippen LogP contribution in [0.4, 0.5) is 0 Å². The second-order valence-corrected chi connectivity index (χ2v) is 13.5. The average molecular weight is 543 g/mol. The van der Waals surface area contributed by atoms with E-state index in [0.29, 0.717) is 23.6 Å². The lowest BCUT2D eigenvalue weighted by Crippen LogP contribution is -2.65. The largest absolute Gasteiger partial charge is 0.676 e. The predicted octanol–water partition coefficient (Wildman–Crippen LogP) is 5.44. The minimum atomic E-state index is -2.22. The first-order valence-electron chi connectivity index (χ1n) is 12.8. The Kier molecular flexibility index (Phi) is 5.98. The Labute approximate surface area is 227 Å². The van der Waals surface area contributed by atoms with Gasteiger partial charge in [0.1, 0.15) is 0 Å². The van der Waals surface area contributed by atoms with Gasteiger partial charge in [0.05, 0.1) is 11.3 Å². The molecule has 0 unspecified atom stereocenters. The molecule has 0 spiro atoms. The van der Waals surface area contributed by atoms with E-state index in [1.54, 1.807) is 0 Å². The zero-order valence-electron chi connectivity index (χ0n) is 20.2. The summed E-state index contributed by atoms with van der Waals surface area (Å²) in [6, 6.07) is 19.6. The number of ketones is 1. The van der Waals surface area contributed by atoms with Crippen LogP contribution in [0.15, 0.2) is 77.0 Å². The van der Waals surface area contributed by atoms with Crippen molar-refractivity contribution in [2.75, 3.05) is 0 Å². The first kappa shape index (κ1) is 24.4. The summed E-state index contributed by atoms with van der Waals surface area (Å²) in [5.41, 5.74) is 1.95. The Bertz CT molecular complexity index is 1170. The normalized spacial score (nSPS) is 30.6. The van der Waals surface area contributed by atoms with E-state index in [4.69, 9.17) is 44.4 Å². The van der Waals surface area contributed by atoms with E-state index in [0.717, 1.165) is 30.2 Å². The number of nitrogens with zero attached hydrogens (tertiary/aromatic N) is 1. The van der Waals surface area contributed by atoms with Crippen molar-refractivity contribution < 1.29 is 9.45 Å². The maximum Gasteiger partial charge on any atom is 0.336 e. The van der Waals surface area contributed by atoms with E-state index in [1.165, 1.54) is 26.2 Å². The average Bonchev–Trinajstić information content (AvgIpc) is 2.83. The molecule has 4 bridgehead atoms. The molecule has 4 saturated carbocycles. The summed E-state index contributed by atoms with van der Waals surface area (Å²) in [4.78, 5) is 18.1. The van der Waals surface area contributed by atoms with Gasteiger partial charge in [0, 0.05) is 5.54 Å².